The highest BCUT2D eigenvalue weighted by Crippen LogP contribution is 2.36. The van der Waals surface area contributed by atoms with Crippen LogP contribution in [0.15, 0.2) is 58.4 Å². The summed E-state index contributed by atoms with van der Waals surface area (Å²) in [5.74, 6) is -0.943. The Bertz CT molecular complexity index is 894. The van der Waals surface area contributed by atoms with Gasteiger partial charge < -0.3 is 14.8 Å². The van der Waals surface area contributed by atoms with Crippen molar-refractivity contribution in [2.24, 2.45) is 10.3 Å². The Hall–Kier alpha value is -3.15. The molecule has 0 amide bonds. The Morgan fingerprint density at radius 3 is 2.45 bits per heavy atom. The van der Waals surface area contributed by atoms with Gasteiger partial charge in [-0.1, -0.05) is 46.7 Å². The van der Waals surface area contributed by atoms with Crippen LogP contribution in [0.2, 0.25) is 0 Å². The Kier molecular flexibility index (Phi) is 9.25. The quantitative estimate of drug-likeness (QED) is 0.239. The molecule has 0 heterocycles. The van der Waals surface area contributed by atoms with Gasteiger partial charge in [0.15, 0.2) is 0 Å². The Morgan fingerprint density at radius 1 is 1.16 bits per heavy atom. The van der Waals surface area contributed by atoms with E-state index in [2.05, 4.69) is 28.5 Å². The normalized spacial score (nSPS) is 19.9. The van der Waals surface area contributed by atoms with Crippen LogP contribution in [0.4, 0.5) is 0 Å². The third-order valence-electron chi connectivity index (χ3n) is 5.13. The molecule has 0 radical (unpaired) electrons. The van der Waals surface area contributed by atoms with Gasteiger partial charge >= 0.3 is 5.97 Å². The van der Waals surface area contributed by atoms with Crippen molar-refractivity contribution < 1.29 is 19.6 Å². The number of aryl methyl sites for hydroxylation is 1. The van der Waals surface area contributed by atoms with Crippen molar-refractivity contribution in [1.29, 1.82) is 0 Å². The van der Waals surface area contributed by atoms with E-state index in [9.17, 15) is 4.79 Å². The second kappa shape index (κ2) is 11.9. The summed E-state index contributed by atoms with van der Waals surface area (Å²) in [5, 5.41) is 17.1. The van der Waals surface area contributed by atoms with Gasteiger partial charge in [-0.15, -0.1) is 0 Å². The summed E-state index contributed by atoms with van der Waals surface area (Å²) in [4.78, 5) is 21.2. The number of rotatable bonds is 10. The van der Waals surface area contributed by atoms with Gasteiger partial charge in [0.1, 0.15) is 13.2 Å². The molecule has 0 saturated carbocycles. The lowest BCUT2D eigenvalue weighted by molar-refractivity contribution is -0.131. The number of benzene rings is 1. The molecule has 0 fully saturated rings. The number of hydrogen-bond acceptors (Lipinski definition) is 5. The molecule has 0 unspecified atom stereocenters. The molecule has 166 valence electrons. The third-order valence-corrected chi connectivity index (χ3v) is 5.13. The van der Waals surface area contributed by atoms with E-state index in [1.165, 1.54) is 11.6 Å². The zero-order chi connectivity index (χ0) is 22.7. The van der Waals surface area contributed by atoms with Crippen LogP contribution in [0.25, 0.3) is 5.57 Å². The van der Waals surface area contributed by atoms with Crippen LogP contribution in [-0.2, 0) is 26.3 Å². The van der Waals surface area contributed by atoms with Crippen molar-refractivity contribution in [2.75, 3.05) is 13.2 Å². The first kappa shape index (κ1) is 24.1. The SMILES string of the molecule is CCON=CC1(C=NOCC)CCCc2cc(/C(C)=C/C=C/C(C)=C/C(=O)O)ccc21. The predicted octanol–water partition coefficient (Wildman–Crippen LogP) is 5.30. The van der Waals surface area contributed by atoms with Crippen molar-refractivity contribution in [3.8, 4) is 0 Å². The first-order chi connectivity index (χ1) is 14.9. The van der Waals surface area contributed by atoms with Crippen molar-refractivity contribution in [1.82, 2.24) is 0 Å². The molecular weight excluding hydrogens is 392 g/mol. The molecule has 1 aliphatic carbocycles. The molecule has 0 spiro atoms. The lowest BCUT2D eigenvalue weighted by Crippen LogP contribution is -2.34. The Balaban J connectivity index is 2.35. The fraction of sp³-hybridized carbons (Fsp3) is 0.400. The number of oxime groups is 2. The zero-order valence-corrected chi connectivity index (χ0v) is 18.8. The van der Waals surface area contributed by atoms with E-state index in [1.807, 2.05) is 45.4 Å². The number of hydrogen-bond donors (Lipinski definition) is 1. The smallest absolute Gasteiger partial charge is 0.328 e. The molecule has 1 aliphatic rings. The molecule has 1 N–H and O–H groups in total. The van der Waals surface area contributed by atoms with Gasteiger partial charge in [0, 0.05) is 6.08 Å². The second-order valence-corrected chi connectivity index (χ2v) is 7.51. The van der Waals surface area contributed by atoms with Crippen LogP contribution in [-0.4, -0.2) is 36.7 Å². The first-order valence-corrected chi connectivity index (χ1v) is 10.6. The molecule has 0 bridgehead atoms. The van der Waals surface area contributed by atoms with E-state index in [0.29, 0.717) is 18.8 Å². The fourth-order valence-electron chi connectivity index (χ4n) is 3.60. The maximum absolute atomic E-state index is 10.7. The molecule has 2 rings (SSSR count). The summed E-state index contributed by atoms with van der Waals surface area (Å²) in [7, 11) is 0. The molecule has 31 heavy (non-hydrogen) atoms. The molecule has 6 heteroatoms. The number of aliphatic carboxylic acids is 1. The van der Waals surface area contributed by atoms with Crippen molar-refractivity contribution in [2.45, 2.75) is 52.4 Å². The summed E-state index contributed by atoms with van der Waals surface area (Å²) in [5.41, 5.74) is 4.89. The van der Waals surface area contributed by atoms with Gasteiger partial charge in [0.05, 0.1) is 17.8 Å². The molecule has 1 aromatic carbocycles. The van der Waals surface area contributed by atoms with Crippen molar-refractivity contribution >= 4 is 24.0 Å². The molecule has 0 aliphatic heterocycles. The summed E-state index contributed by atoms with van der Waals surface area (Å²) < 4.78 is 0. The average Bonchev–Trinajstić information content (AvgIpc) is 2.73. The maximum Gasteiger partial charge on any atom is 0.328 e. The maximum atomic E-state index is 10.7. The van der Waals surface area contributed by atoms with Gasteiger partial charge in [-0.05, 0) is 74.8 Å². The lowest BCUT2D eigenvalue weighted by atomic mass is 9.71. The third kappa shape index (κ3) is 6.95. The van der Waals surface area contributed by atoms with E-state index < -0.39 is 11.4 Å². The fourth-order valence-corrected chi connectivity index (χ4v) is 3.60. The van der Waals surface area contributed by atoms with E-state index in [1.54, 1.807) is 13.0 Å². The van der Waals surface area contributed by atoms with Gasteiger partial charge in [0.2, 0.25) is 0 Å². The van der Waals surface area contributed by atoms with Crippen LogP contribution in [0.3, 0.4) is 0 Å². The summed E-state index contributed by atoms with van der Waals surface area (Å²) in [6.45, 7) is 8.65. The molecule has 1 aromatic rings. The van der Waals surface area contributed by atoms with Crippen molar-refractivity contribution in [3.05, 3.63) is 64.8 Å². The highest BCUT2D eigenvalue weighted by molar-refractivity contribution is 5.97. The van der Waals surface area contributed by atoms with Gasteiger partial charge in [-0.2, -0.15) is 0 Å². The minimum Gasteiger partial charge on any atom is -0.478 e. The Labute approximate surface area is 184 Å². The average molecular weight is 425 g/mol. The lowest BCUT2D eigenvalue weighted by Gasteiger charge is -2.32. The van der Waals surface area contributed by atoms with E-state index in [0.717, 1.165) is 36.0 Å². The van der Waals surface area contributed by atoms with Gasteiger partial charge in [0.25, 0.3) is 0 Å². The summed E-state index contributed by atoms with van der Waals surface area (Å²) in [6, 6.07) is 6.45. The molecule has 0 aromatic heterocycles. The molecular formula is C25H32N2O4. The molecule has 0 atom stereocenters. The molecule has 0 saturated heterocycles. The second-order valence-electron chi connectivity index (χ2n) is 7.51. The summed E-state index contributed by atoms with van der Waals surface area (Å²) >= 11 is 0. The van der Waals surface area contributed by atoms with Crippen LogP contribution in [0.5, 0.6) is 0 Å². The standard InChI is InChI=1S/C25H32N2O4/c1-5-30-26-17-25(18-27-31-6-2)14-8-11-22-16-21(12-13-23(22)25)20(4)10-7-9-19(3)15-24(28)29/h7,9-10,12-13,15-18H,5-6,8,11,14H2,1-4H3,(H,28,29)/b9-7+,19-15+,20-10+,26-17?,27-18?. The molecule has 6 nitrogen and oxygen atoms in total. The van der Waals surface area contributed by atoms with Crippen LogP contribution >= 0.6 is 0 Å². The zero-order valence-electron chi connectivity index (χ0n) is 18.8. The largest absolute Gasteiger partial charge is 0.478 e. The predicted molar refractivity (Wildman–Crippen MR) is 125 cm³/mol. The number of carboxylic acids is 1. The first-order valence-electron chi connectivity index (χ1n) is 10.6. The minimum absolute atomic E-state index is 0.452. The van der Waals surface area contributed by atoms with Gasteiger partial charge in [-0.3, -0.25) is 0 Å². The van der Waals surface area contributed by atoms with Crippen molar-refractivity contribution in [3.63, 3.8) is 0 Å². The van der Waals surface area contributed by atoms with E-state index >= 15 is 0 Å². The van der Waals surface area contributed by atoms with Gasteiger partial charge in [-0.25, -0.2) is 4.79 Å². The van der Waals surface area contributed by atoms with E-state index in [4.69, 9.17) is 14.8 Å². The number of fused-ring (bicyclic) bond motifs is 1. The summed E-state index contributed by atoms with van der Waals surface area (Å²) in [6.07, 6.45) is 13.4. The topological polar surface area (TPSA) is 80.5 Å². The highest BCUT2D eigenvalue weighted by Gasteiger charge is 2.34. The van der Waals surface area contributed by atoms with Crippen LogP contribution in [0, 0.1) is 0 Å². The Morgan fingerprint density at radius 2 is 1.84 bits per heavy atom. The highest BCUT2D eigenvalue weighted by atomic mass is 16.6. The number of carbonyl (C=O) groups is 1. The monoisotopic (exact) mass is 424 g/mol. The number of carboxylic acid groups (broad SMARTS) is 1. The minimum atomic E-state index is -0.943. The van der Waals surface area contributed by atoms with Crippen LogP contribution in [0.1, 0.15) is 57.2 Å². The number of nitrogens with zero attached hydrogens (tertiary/aromatic N) is 2. The van der Waals surface area contributed by atoms with Crippen LogP contribution < -0.4 is 0 Å². The van der Waals surface area contributed by atoms with E-state index in [-0.39, 0.29) is 0 Å². The number of allylic oxidation sites excluding steroid dienone is 5.